The summed E-state index contributed by atoms with van der Waals surface area (Å²) in [5.41, 5.74) is 6.84. The third kappa shape index (κ3) is 4.10. The molecule has 2 rings (SSSR count). The number of para-hydroxylation sites is 1. The molecule has 0 aliphatic heterocycles. The summed E-state index contributed by atoms with van der Waals surface area (Å²) in [6.07, 6.45) is 3.05. The van der Waals surface area contributed by atoms with Crippen LogP contribution >= 0.6 is 0 Å². The average Bonchev–Trinajstić information content (AvgIpc) is 2.53. The minimum atomic E-state index is -0.0824. The molecule has 0 aliphatic rings. The van der Waals surface area contributed by atoms with E-state index in [0.717, 1.165) is 0 Å². The lowest BCUT2D eigenvalue weighted by Crippen LogP contribution is -2.15. The number of rotatable bonds is 4. The Labute approximate surface area is 133 Å². The largest absolute Gasteiger partial charge is 0.507 e. The fourth-order valence-corrected chi connectivity index (χ4v) is 1.90. The lowest BCUT2D eigenvalue weighted by atomic mass is 10.2. The topological polar surface area (TPSA) is 112 Å². The van der Waals surface area contributed by atoms with Crippen LogP contribution in [0.1, 0.15) is 11.1 Å². The molecule has 23 heavy (non-hydrogen) atoms. The van der Waals surface area contributed by atoms with Crippen LogP contribution in [0.4, 0.5) is 0 Å². The zero-order chi connectivity index (χ0) is 16.8. The number of hydrogen-bond donors (Lipinski definition) is 4. The predicted octanol–water partition coefficient (Wildman–Crippen LogP) is 2.50. The van der Waals surface area contributed by atoms with Crippen LogP contribution in [-0.2, 0) is 0 Å². The Hall–Kier alpha value is -3.28. The van der Waals surface area contributed by atoms with Crippen molar-refractivity contribution in [2.24, 2.45) is 10.7 Å². The Morgan fingerprint density at radius 3 is 2.57 bits per heavy atom. The molecular weight excluding hydrogens is 294 g/mol. The molecule has 0 bridgehead atoms. The minimum Gasteiger partial charge on any atom is -0.507 e. The molecule has 0 aromatic heterocycles. The minimum absolute atomic E-state index is 0.00519. The Bertz CT molecular complexity index is 782. The van der Waals surface area contributed by atoms with E-state index in [2.05, 4.69) is 4.99 Å². The molecule has 118 valence electrons. The van der Waals surface area contributed by atoms with Gasteiger partial charge >= 0.3 is 0 Å². The molecule has 0 unspecified atom stereocenters. The van der Waals surface area contributed by atoms with Gasteiger partial charge in [-0.05, 0) is 35.9 Å². The van der Waals surface area contributed by atoms with Crippen LogP contribution in [0, 0.1) is 5.41 Å². The van der Waals surface area contributed by atoms with E-state index in [1.54, 1.807) is 36.4 Å². The van der Waals surface area contributed by atoms with Crippen LogP contribution in [0.2, 0.25) is 0 Å². The molecule has 6 nitrogen and oxygen atoms in total. The van der Waals surface area contributed by atoms with Crippen LogP contribution in [0.25, 0.3) is 6.08 Å². The summed E-state index contributed by atoms with van der Waals surface area (Å²) >= 11 is 0. The van der Waals surface area contributed by atoms with Crippen molar-refractivity contribution in [3.05, 3.63) is 59.7 Å². The van der Waals surface area contributed by atoms with E-state index in [1.807, 2.05) is 0 Å². The van der Waals surface area contributed by atoms with Crippen LogP contribution in [0.15, 0.2) is 53.5 Å². The number of nitrogens with zero attached hydrogens (tertiary/aromatic N) is 1. The lowest BCUT2D eigenvalue weighted by Gasteiger charge is -2.04. The number of methoxy groups -OCH3 is 1. The van der Waals surface area contributed by atoms with Gasteiger partial charge in [-0.2, -0.15) is 0 Å². The quantitative estimate of drug-likeness (QED) is 0.513. The van der Waals surface area contributed by atoms with Crippen molar-refractivity contribution in [3.8, 4) is 17.2 Å². The molecule has 2 aromatic carbocycles. The summed E-state index contributed by atoms with van der Waals surface area (Å²) in [6, 6.07) is 11.4. The van der Waals surface area contributed by atoms with E-state index < -0.39 is 0 Å². The van der Waals surface area contributed by atoms with E-state index in [9.17, 15) is 10.2 Å². The number of phenolic OH excluding ortho intramolecular Hbond substituents is 2. The Morgan fingerprint density at radius 1 is 1.17 bits per heavy atom. The summed E-state index contributed by atoms with van der Waals surface area (Å²) in [6.45, 7) is 0. The number of nitrogens with two attached hydrogens (primary N) is 1. The van der Waals surface area contributed by atoms with Crippen molar-refractivity contribution in [2.75, 3.05) is 7.11 Å². The summed E-state index contributed by atoms with van der Waals surface area (Å²) in [5, 5.41) is 27.2. The van der Waals surface area contributed by atoms with Crippen molar-refractivity contribution in [1.82, 2.24) is 0 Å². The molecule has 0 saturated carbocycles. The maximum absolute atomic E-state index is 9.69. The number of nitrogens with one attached hydrogen (secondary N) is 1. The molecule has 0 aliphatic carbocycles. The first-order valence-electron chi connectivity index (χ1n) is 6.77. The lowest BCUT2D eigenvalue weighted by molar-refractivity contribution is 0.373. The SMILES string of the molecule is COc1ccc(/C=C/C(=N)/N=C(\N)c2ccccc2O)cc1O. The molecule has 0 saturated heterocycles. The fraction of sp³-hybridized carbons (Fsp3) is 0.0588. The zero-order valence-corrected chi connectivity index (χ0v) is 12.5. The molecule has 0 spiro atoms. The van der Waals surface area contributed by atoms with Gasteiger partial charge in [-0.1, -0.05) is 24.3 Å². The first-order valence-corrected chi connectivity index (χ1v) is 6.77. The number of amidine groups is 2. The Morgan fingerprint density at radius 2 is 1.91 bits per heavy atom. The number of phenols is 2. The van der Waals surface area contributed by atoms with Gasteiger partial charge in [0.05, 0.1) is 12.7 Å². The summed E-state index contributed by atoms with van der Waals surface area (Å²) in [7, 11) is 1.47. The van der Waals surface area contributed by atoms with Gasteiger partial charge < -0.3 is 20.7 Å². The third-order valence-corrected chi connectivity index (χ3v) is 3.06. The third-order valence-electron chi connectivity index (χ3n) is 3.06. The van der Waals surface area contributed by atoms with Gasteiger partial charge in [0.1, 0.15) is 17.4 Å². The molecule has 0 heterocycles. The maximum atomic E-state index is 9.69. The summed E-state index contributed by atoms with van der Waals surface area (Å²) in [4.78, 5) is 3.92. The Kier molecular flexibility index (Phi) is 4.99. The van der Waals surface area contributed by atoms with Crippen LogP contribution in [-0.4, -0.2) is 29.0 Å². The number of aromatic hydroxyl groups is 2. The first-order chi connectivity index (χ1) is 11.0. The van der Waals surface area contributed by atoms with E-state index >= 15 is 0 Å². The number of aliphatic imine (C=N–C) groups is 1. The molecular formula is C17H17N3O3. The van der Waals surface area contributed by atoms with Gasteiger partial charge in [0.25, 0.3) is 0 Å². The maximum Gasteiger partial charge on any atom is 0.160 e. The van der Waals surface area contributed by atoms with E-state index in [1.165, 1.54) is 25.3 Å². The van der Waals surface area contributed by atoms with Crippen LogP contribution in [0.3, 0.4) is 0 Å². The second kappa shape index (κ2) is 7.13. The first kappa shape index (κ1) is 16.1. The molecule has 5 N–H and O–H groups in total. The van der Waals surface area contributed by atoms with Crippen LogP contribution < -0.4 is 10.5 Å². The van der Waals surface area contributed by atoms with E-state index in [0.29, 0.717) is 16.9 Å². The van der Waals surface area contributed by atoms with Crippen LogP contribution in [0.5, 0.6) is 17.2 Å². The number of benzene rings is 2. The van der Waals surface area contributed by atoms with Gasteiger partial charge in [0.15, 0.2) is 11.5 Å². The van der Waals surface area contributed by atoms with Crippen molar-refractivity contribution in [1.29, 1.82) is 5.41 Å². The standard InChI is InChI=1S/C17H17N3O3/c1-23-15-8-6-11(10-14(15)22)7-9-16(18)20-17(19)12-4-2-3-5-13(12)21/h2-10,21-22H,1H3,(H3,18,19,20)/b9-7+. The second-order valence-electron chi connectivity index (χ2n) is 4.66. The molecule has 6 heteroatoms. The smallest absolute Gasteiger partial charge is 0.160 e. The zero-order valence-electron chi connectivity index (χ0n) is 12.5. The van der Waals surface area contributed by atoms with Crippen molar-refractivity contribution >= 4 is 17.7 Å². The molecule has 0 fully saturated rings. The number of hydrogen-bond acceptors (Lipinski definition) is 4. The van der Waals surface area contributed by atoms with Crippen molar-refractivity contribution in [3.63, 3.8) is 0 Å². The summed E-state index contributed by atoms with van der Waals surface area (Å²) in [5.74, 6) is 0.361. The van der Waals surface area contributed by atoms with E-state index in [4.69, 9.17) is 15.9 Å². The highest BCUT2D eigenvalue weighted by Gasteiger charge is 2.04. The molecule has 0 amide bonds. The van der Waals surface area contributed by atoms with Crippen molar-refractivity contribution in [2.45, 2.75) is 0 Å². The fourth-order valence-electron chi connectivity index (χ4n) is 1.90. The number of ether oxygens (including phenoxy) is 1. The normalized spacial score (nSPS) is 11.6. The van der Waals surface area contributed by atoms with Crippen molar-refractivity contribution < 1.29 is 14.9 Å². The summed E-state index contributed by atoms with van der Waals surface area (Å²) < 4.78 is 4.96. The van der Waals surface area contributed by atoms with Gasteiger partial charge in [-0.25, -0.2) is 4.99 Å². The highest BCUT2D eigenvalue weighted by molar-refractivity contribution is 6.09. The second-order valence-corrected chi connectivity index (χ2v) is 4.66. The molecule has 2 aromatic rings. The van der Waals surface area contributed by atoms with Gasteiger partial charge in [0.2, 0.25) is 0 Å². The van der Waals surface area contributed by atoms with Gasteiger partial charge in [-0.15, -0.1) is 0 Å². The molecule has 0 atom stereocenters. The Balaban J connectivity index is 2.14. The van der Waals surface area contributed by atoms with Gasteiger partial charge in [0, 0.05) is 0 Å². The average molecular weight is 311 g/mol. The monoisotopic (exact) mass is 311 g/mol. The van der Waals surface area contributed by atoms with Gasteiger partial charge in [-0.3, -0.25) is 5.41 Å². The molecule has 0 radical (unpaired) electrons. The highest BCUT2D eigenvalue weighted by Crippen LogP contribution is 2.26. The predicted molar refractivity (Wildman–Crippen MR) is 90.3 cm³/mol. The highest BCUT2D eigenvalue weighted by atomic mass is 16.5. The van der Waals surface area contributed by atoms with E-state index in [-0.39, 0.29) is 23.2 Å².